The molecular formula is C34H54N2O2. The molecule has 9 atom stereocenters. The van der Waals surface area contributed by atoms with Crippen LogP contribution in [0.25, 0.3) is 0 Å². The molecule has 0 saturated heterocycles. The van der Waals surface area contributed by atoms with Gasteiger partial charge in [0.2, 0.25) is 0 Å². The van der Waals surface area contributed by atoms with E-state index < -0.39 is 0 Å². The molecule has 38 heavy (non-hydrogen) atoms. The minimum absolute atomic E-state index is 0.00508. The number of nitrogens with two attached hydrogens (primary N) is 2. The van der Waals surface area contributed by atoms with Crippen LogP contribution in [0.5, 0.6) is 0 Å². The molecule has 5 rings (SSSR count). The number of carbonyl (C=O) groups excluding carboxylic acids is 1. The topological polar surface area (TPSA) is 78.3 Å². The summed E-state index contributed by atoms with van der Waals surface area (Å²) in [6.45, 7) is 12.6. The number of nitrogen functional groups attached to an aromatic ring is 2. The highest BCUT2D eigenvalue weighted by molar-refractivity contribution is 5.95. The van der Waals surface area contributed by atoms with Gasteiger partial charge in [0, 0.05) is 11.4 Å². The van der Waals surface area contributed by atoms with Crippen LogP contribution in [0, 0.1) is 52.3 Å². The van der Waals surface area contributed by atoms with Crippen LogP contribution < -0.4 is 11.5 Å². The summed E-state index contributed by atoms with van der Waals surface area (Å²) >= 11 is 0. The number of carbonyl (C=O) groups is 1. The largest absolute Gasteiger partial charge is 0.459 e. The number of esters is 1. The summed E-state index contributed by atoms with van der Waals surface area (Å²) < 4.78 is 6.04. The molecule has 4 aliphatic carbocycles. The zero-order valence-electron chi connectivity index (χ0n) is 24.8. The number of hydrogen-bond donors (Lipinski definition) is 2. The van der Waals surface area contributed by atoms with Crippen molar-refractivity contribution in [1.82, 2.24) is 0 Å². The molecule has 0 aromatic heterocycles. The second kappa shape index (κ2) is 10.7. The molecule has 4 saturated carbocycles. The minimum Gasteiger partial charge on any atom is -0.459 e. The fourth-order valence-corrected chi connectivity index (χ4v) is 10.3. The Balaban J connectivity index is 1.22. The quantitative estimate of drug-likeness (QED) is 0.278. The predicted molar refractivity (Wildman–Crippen MR) is 158 cm³/mol. The lowest BCUT2D eigenvalue weighted by Gasteiger charge is -2.61. The van der Waals surface area contributed by atoms with Crippen LogP contribution in [0.4, 0.5) is 11.4 Å². The van der Waals surface area contributed by atoms with Crippen molar-refractivity contribution in [2.75, 3.05) is 11.5 Å². The predicted octanol–water partition coefficient (Wildman–Crippen LogP) is 8.50. The van der Waals surface area contributed by atoms with Gasteiger partial charge in [0.15, 0.2) is 0 Å². The van der Waals surface area contributed by atoms with Crippen molar-refractivity contribution in [2.24, 2.45) is 52.3 Å². The minimum atomic E-state index is -0.294. The lowest BCUT2D eigenvalue weighted by molar-refractivity contribution is -0.130. The lowest BCUT2D eigenvalue weighted by atomic mass is 9.44. The molecule has 0 aliphatic heterocycles. The van der Waals surface area contributed by atoms with Gasteiger partial charge < -0.3 is 16.2 Å². The van der Waals surface area contributed by atoms with Gasteiger partial charge in [0.05, 0.1) is 5.56 Å². The fraction of sp³-hybridized carbons (Fsp3) is 0.794. The van der Waals surface area contributed by atoms with E-state index in [1.807, 2.05) is 0 Å². The Labute approximate surface area is 232 Å². The van der Waals surface area contributed by atoms with Crippen molar-refractivity contribution in [3.8, 4) is 0 Å². The smallest absolute Gasteiger partial charge is 0.340 e. The van der Waals surface area contributed by atoms with Gasteiger partial charge >= 0.3 is 5.97 Å². The highest BCUT2D eigenvalue weighted by Crippen LogP contribution is 2.68. The molecule has 4 N–H and O–H groups in total. The zero-order chi connectivity index (χ0) is 27.2. The molecule has 9 unspecified atom stereocenters. The third kappa shape index (κ3) is 4.99. The normalized spacial score (nSPS) is 39.2. The molecule has 4 nitrogen and oxygen atoms in total. The molecule has 0 bridgehead atoms. The molecule has 0 spiro atoms. The van der Waals surface area contributed by atoms with Gasteiger partial charge in [-0.2, -0.15) is 0 Å². The molecule has 0 amide bonds. The van der Waals surface area contributed by atoms with Crippen molar-refractivity contribution in [3.05, 3.63) is 23.8 Å². The van der Waals surface area contributed by atoms with Crippen molar-refractivity contribution >= 4 is 17.3 Å². The molecule has 4 fully saturated rings. The number of ether oxygens (including phenoxy) is 1. The number of benzene rings is 1. The molecule has 0 radical (unpaired) electrons. The maximum absolute atomic E-state index is 12.9. The molecule has 1 aromatic carbocycles. The maximum atomic E-state index is 12.9. The Kier molecular flexibility index (Phi) is 7.84. The summed E-state index contributed by atoms with van der Waals surface area (Å²) in [5.41, 5.74) is 14.2. The van der Waals surface area contributed by atoms with E-state index in [1.54, 1.807) is 18.2 Å². The third-order valence-electron chi connectivity index (χ3n) is 12.4. The summed E-state index contributed by atoms with van der Waals surface area (Å²) in [5, 5.41) is 0. The van der Waals surface area contributed by atoms with Gasteiger partial charge in [-0.1, -0.05) is 53.9 Å². The maximum Gasteiger partial charge on any atom is 0.340 e. The van der Waals surface area contributed by atoms with Crippen molar-refractivity contribution in [3.63, 3.8) is 0 Å². The van der Waals surface area contributed by atoms with E-state index in [-0.39, 0.29) is 12.1 Å². The second-order valence-electron chi connectivity index (χ2n) is 14.8. The van der Waals surface area contributed by atoms with E-state index in [1.165, 1.54) is 64.2 Å². The van der Waals surface area contributed by atoms with E-state index in [2.05, 4.69) is 34.6 Å². The average molecular weight is 523 g/mol. The van der Waals surface area contributed by atoms with Crippen LogP contribution in [-0.2, 0) is 4.74 Å². The van der Waals surface area contributed by atoms with Gasteiger partial charge in [-0.3, -0.25) is 0 Å². The van der Waals surface area contributed by atoms with E-state index in [9.17, 15) is 4.79 Å². The molecule has 4 aliphatic rings. The Hall–Kier alpha value is -1.71. The van der Waals surface area contributed by atoms with Gasteiger partial charge in [0.1, 0.15) is 6.10 Å². The van der Waals surface area contributed by atoms with Gasteiger partial charge in [-0.15, -0.1) is 0 Å². The van der Waals surface area contributed by atoms with Crippen molar-refractivity contribution < 1.29 is 9.53 Å². The molecular weight excluding hydrogens is 468 g/mol. The Bertz CT molecular complexity index is 1010. The van der Waals surface area contributed by atoms with E-state index in [0.29, 0.717) is 33.7 Å². The van der Waals surface area contributed by atoms with E-state index >= 15 is 0 Å². The summed E-state index contributed by atoms with van der Waals surface area (Å²) in [5.74, 6) is 5.65. The number of hydrogen-bond acceptors (Lipinski definition) is 4. The first-order valence-corrected chi connectivity index (χ1v) is 15.9. The standard InChI is InChI=1S/C34H54N2O2/c1-21(2)7-6-8-22(3)28-13-14-29-26-11-9-23-19-25(38-32(37)27-12-10-24(35)20-31(27)36)15-17-33(23,4)30(26)16-18-34(28,29)5/h10,12,20-23,25-26,28-30H,6-9,11,13-19,35-36H2,1-5H3. The monoisotopic (exact) mass is 522 g/mol. The summed E-state index contributed by atoms with van der Waals surface area (Å²) in [4.78, 5) is 12.9. The zero-order valence-corrected chi connectivity index (χ0v) is 24.8. The molecule has 212 valence electrons. The van der Waals surface area contributed by atoms with Crippen molar-refractivity contribution in [2.45, 2.75) is 118 Å². The molecule has 4 heteroatoms. The highest BCUT2D eigenvalue weighted by Gasteiger charge is 2.60. The first kappa shape index (κ1) is 27.8. The summed E-state index contributed by atoms with van der Waals surface area (Å²) in [6.07, 6.45) is 15.8. The molecule has 0 heterocycles. The number of anilines is 2. The van der Waals surface area contributed by atoms with E-state index in [4.69, 9.17) is 16.2 Å². The van der Waals surface area contributed by atoms with E-state index in [0.717, 1.165) is 48.3 Å². The third-order valence-corrected chi connectivity index (χ3v) is 12.4. The van der Waals surface area contributed by atoms with Crippen LogP contribution >= 0.6 is 0 Å². The SMILES string of the molecule is CC(C)CCCC(C)C1CCC2C3CCC4CC(OC(=O)c5ccc(N)cc5N)CCC4(C)C3CCC12C. The van der Waals surface area contributed by atoms with Crippen LogP contribution in [0.15, 0.2) is 18.2 Å². The average Bonchev–Trinajstić information content (AvgIpc) is 3.21. The molecule has 1 aromatic rings. The van der Waals surface area contributed by atoms with Crippen LogP contribution in [-0.4, -0.2) is 12.1 Å². The summed E-state index contributed by atoms with van der Waals surface area (Å²) in [7, 11) is 0. The van der Waals surface area contributed by atoms with Crippen LogP contribution in [0.2, 0.25) is 0 Å². The first-order valence-electron chi connectivity index (χ1n) is 15.9. The van der Waals surface area contributed by atoms with Gasteiger partial charge in [-0.05, 0) is 128 Å². The second-order valence-corrected chi connectivity index (χ2v) is 14.8. The van der Waals surface area contributed by atoms with Crippen molar-refractivity contribution in [1.29, 1.82) is 0 Å². The van der Waals surface area contributed by atoms with Gasteiger partial charge in [-0.25, -0.2) is 4.79 Å². The number of fused-ring (bicyclic) bond motifs is 5. The Morgan fingerprint density at radius 1 is 0.947 bits per heavy atom. The van der Waals surface area contributed by atoms with Crippen LogP contribution in [0.3, 0.4) is 0 Å². The Morgan fingerprint density at radius 3 is 2.42 bits per heavy atom. The van der Waals surface area contributed by atoms with Crippen LogP contribution in [0.1, 0.15) is 122 Å². The number of rotatable bonds is 7. The summed E-state index contributed by atoms with van der Waals surface area (Å²) in [6, 6.07) is 5.07. The fourth-order valence-electron chi connectivity index (χ4n) is 10.3. The lowest BCUT2D eigenvalue weighted by Crippen LogP contribution is -2.54. The first-order chi connectivity index (χ1) is 18.0. The highest BCUT2D eigenvalue weighted by atomic mass is 16.5. The van der Waals surface area contributed by atoms with Gasteiger partial charge in [0.25, 0.3) is 0 Å². The Morgan fingerprint density at radius 2 is 1.68 bits per heavy atom.